The Morgan fingerprint density at radius 1 is 1.03 bits per heavy atom. The average molecular weight is 420 g/mol. The summed E-state index contributed by atoms with van der Waals surface area (Å²) in [6, 6.07) is 11.0. The summed E-state index contributed by atoms with van der Waals surface area (Å²) < 4.78 is 5.42. The summed E-state index contributed by atoms with van der Waals surface area (Å²) in [6.45, 7) is 4.46. The quantitative estimate of drug-likeness (QED) is 0.519. The zero-order chi connectivity index (χ0) is 21.5. The first-order valence-corrected chi connectivity index (χ1v) is 10.5. The maximum Gasteiger partial charge on any atom is 0.187 e. The van der Waals surface area contributed by atoms with Gasteiger partial charge in [0.15, 0.2) is 18.8 Å². The van der Waals surface area contributed by atoms with Crippen LogP contribution in [-0.4, -0.2) is 24.6 Å². The minimum Gasteiger partial charge on any atom is -0.504 e. The summed E-state index contributed by atoms with van der Waals surface area (Å²) in [5.74, 6) is 0.620. The van der Waals surface area contributed by atoms with Gasteiger partial charge in [-0.2, -0.15) is 0 Å². The summed E-state index contributed by atoms with van der Waals surface area (Å²) in [5.41, 5.74) is 6.59. The van der Waals surface area contributed by atoms with Crippen LogP contribution in [0.15, 0.2) is 64.1 Å². The Kier molecular flexibility index (Phi) is 5.46. The molecule has 0 bridgehead atoms. The fourth-order valence-corrected chi connectivity index (χ4v) is 4.54. The van der Waals surface area contributed by atoms with E-state index in [0.717, 1.165) is 46.8 Å². The second-order valence-corrected chi connectivity index (χ2v) is 8.81. The molecule has 2 aliphatic rings. The van der Waals surface area contributed by atoms with Gasteiger partial charge in [-0.15, -0.1) is 0 Å². The number of phenolic OH excluding ortho intramolecular Hbond substituents is 2. The largest absolute Gasteiger partial charge is 0.504 e. The van der Waals surface area contributed by atoms with Gasteiger partial charge in [-0.25, -0.2) is 0 Å². The molecule has 0 amide bonds. The molecule has 0 spiro atoms. The molecule has 1 aliphatic carbocycles. The van der Waals surface area contributed by atoms with Crippen molar-refractivity contribution in [1.29, 1.82) is 0 Å². The number of aromatic hydroxyl groups is 2. The molecule has 1 heterocycles. The third-order valence-corrected chi connectivity index (χ3v) is 6.58. The second-order valence-electron chi connectivity index (χ2n) is 8.43. The number of hydrogen-bond acceptors (Lipinski definition) is 3. The van der Waals surface area contributed by atoms with Gasteiger partial charge in [0.1, 0.15) is 5.75 Å². The molecular weight excluding hydrogens is 395 g/mol. The Bertz CT molecular complexity index is 1100. The van der Waals surface area contributed by atoms with Gasteiger partial charge in [-0.05, 0) is 65.8 Å². The fraction of sp³-hybridized carbons (Fsp3) is 0.280. The summed E-state index contributed by atoms with van der Waals surface area (Å²) in [5, 5.41) is 20.1. The van der Waals surface area contributed by atoms with Crippen LogP contribution in [0.2, 0.25) is 0 Å². The number of halogens is 1. The maximum absolute atomic E-state index is 9.77. The van der Waals surface area contributed by atoms with Crippen molar-refractivity contribution in [3.8, 4) is 17.2 Å². The van der Waals surface area contributed by atoms with Crippen LogP contribution in [0.1, 0.15) is 44.2 Å². The third-order valence-electron chi connectivity index (χ3n) is 6.09. The van der Waals surface area contributed by atoms with E-state index in [2.05, 4.69) is 39.3 Å². The summed E-state index contributed by atoms with van der Waals surface area (Å²) in [4.78, 5) is 0. The van der Waals surface area contributed by atoms with E-state index in [4.69, 9.17) is 16.3 Å². The zero-order valence-corrected chi connectivity index (χ0v) is 18.3. The lowest BCUT2D eigenvalue weighted by molar-refractivity contribution is 0.403. The second kappa shape index (κ2) is 7.92. The van der Waals surface area contributed by atoms with Crippen LogP contribution in [0.25, 0.3) is 6.08 Å². The number of ether oxygens (including phenoxy) is 1. The Morgan fingerprint density at radius 3 is 2.57 bits per heavy atom. The molecule has 3 nitrogen and oxygen atoms in total. The molecule has 0 unspecified atom stereocenters. The topological polar surface area (TPSA) is 49.7 Å². The van der Waals surface area contributed by atoms with Gasteiger partial charge in [-0.1, -0.05) is 60.7 Å². The van der Waals surface area contributed by atoms with E-state index < -0.39 is 0 Å². The van der Waals surface area contributed by atoms with Crippen molar-refractivity contribution in [2.75, 3.05) is 7.11 Å². The Balaban J connectivity index is 1.69. The normalized spacial score (nSPS) is 20.4. The summed E-state index contributed by atoms with van der Waals surface area (Å²) >= 11 is 6.82. The number of fused-ring (bicyclic) bond motifs is 1. The molecule has 0 saturated heterocycles. The van der Waals surface area contributed by atoms with Gasteiger partial charge in [0, 0.05) is 10.4 Å². The third kappa shape index (κ3) is 3.77. The van der Waals surface area contributed by atoms with E-state index in [1.807, 2.05) is 12.1 Å². The van der Waals surface area contributed by atoms with Crippen molar-refractivity contribution in [3.05, 3.63) is 75.3 Å². The molecule has 153 valence electrons. The minimum absolute atomic E-state index is 0.122. The lowest BCUT2D eigenvalue weighted by Crippen LogP contribution is -2.17. The molecule has 5 heteroatoms. The molecule has 1 aliphatic heterocycles. The number of benzene rings is 2. The number of phenols is 2. The van der Waals surface area contributed by atoms with Gasteiger partial charge in [0.2, 0.25) is 0 Å². The van der Waals surface area contributed by atoms with E-state index in [0.29, 0.717) is 0 Å². The van der Waals surface area contributed by atoms with E-state index in [1.165, 1.54) is 22.6 Å². The number of hydrogen-bond donors (Lipinski definition) is 2. The van der Waals surface area contributed by atoms with Gasteiger partial charge in [0.25, 0.3) is 0 Å². The van der Waals surface area contributed by atoms with Crippen molar-refractivity contribution in [2.45, 2.75) is 38.5 Å². The molecule has 2 aromatic rings. The molecule has 4 rings (SSSR count). The highest BCUT2D eigenvalue weighted by Crippen LogP contribution is 2.40. The van der Waals surface area contributed by atoms with Crippen LogP contribution >= 0.6 is 11.6 Å². The van der Waals surface area contributed by atoms with Gasteiger partial charge >= 0.3 is 0 Å². The molecule has 0 atom stereocenters. The van der Waals surface area contributed by atoms with Crippen LogP contribution in [-0.2, 0) is 5.41 Å². The Labute approximate surface area is 183 Å². The lowest BCUT2D eigenvalue weighted by atomic mass is 9.63. The zero-order valence-electron chi connectivity index (χ0n) is 17.5. The highest BCUT2D eigenvalue weighted by Gasteiger charge is 2.35. The minimum atomic E-state index is -0.127. The smallest absolute Gasteiger partial charge is 0.187 e. The standard InChI is InChI=1S/C25H25BClO3/c1-25(2)19-14-18(30-3)8-9-20(19)26-23(25)13-17-6-4-5-16(24(17)27)11-15-7-10-21(28)22(29)12-15/h7-14,28-29H,4-6H2,1-3H3/b16-11+,23-13+. The van der Waals surface area contributed by atoms with Crippen LogP contribution in [0.3, 0.4) is 0 Å². The van der Waals surface area contributed by atoms with Crippen molar-refractivity contribution in [2.24, 2.45) is 0 Å². The first-order valence-electron chi connectivity index (χ1n) is 10.2. The average Bonchev–Trinajstić information content (AvgIpc) is 2.97. The first-order chi connectivity index (χ1) is 14.3. The highest BCUT2D eigenvalue weighted by atomic mass is 35.5. The molecule has 0 saturated carbocycles. The number of methoxy groups -OCH3 is 1. The van der Waals surface area contributed by atoms with Crippen molar-refractivity contribution < 1.29 is 14.9 Å². The van der Waals surface area contributed by atoms with Crippen LogP contribution in [0, 0.1) is 0 Å². The van der Waals surface area contributed by atoms with E-state index in [1.54, 1.807) is 19.2 Å². The molecule has 0 fully saturated rings. The van der Waals surface area contributed by atoms with Gasteiger partial charge in [0.05, 0.1) is 7.11 Å². The van der Waals surface area contributed by atoms with Crippen LogP contribution < -0.4 is 10.2 Å². The van der Waals surface area contributed by atoms with Crippen LogP contribution in [0.5, 0.6) is 17.2 Å². The predicted octanol–water partition coefficient (Wildman–Crippen LogP) is 5.37. The molecule has 2 N–H and O–H groups in total. The molecule has 1 radical (unpaired) electrons. The van der Waals surface area contributed by atoms with Crippen molar-refractivity contribution in [1.82, 2.24) is 0 Å². The van der Waals surface area contributed by atoms with E-state index >= 15 is 0 Å². The highest BCUT2D eigenvalue weighted by molar-refractivity contribution is 6.64. The monoisotopic (exact) mass is 419 g/mol. The first kappa shape index (κ1) is 20.7. The molecule has 30 heavy (non-hydrogen) atoms. The maximum atomic E-state index is 9.77. The van der Waals surface area contributed by atoms with Crippen molar-refractivity contribution in [3.63, 3.8) is 0 Å². The Morgan fingerprint density at radius 2 is 1.83 bits per heavy atom. The van der Waals surface area contributed by atoms with Crippen molar-refractivity contribution >= 4 is 30.4 Å². The SMILES string of the molecule is COc1ccc2c(c1)C(C)(C)/C(=C\C1=C(Cl)C(=C/c3ccc(O)c(O)c3)/CCC1)[B]2. The van der Waals surface area contributed by atoms with Gasteiger partial charge < -0.3 is 14.9 Å². The summed E-state index contributed by atoms with van der Waals surface area (Å²) in [7, 11) is 3.93. The van der Waals surface area contributed by atoms with Gasteiger partial charge in [-0.3, -0.25) is 0 Å². The predicted molar refractivity (Wildman–Crippen MR) is 124 cm³/mol. The van der Waals surface area contributed by atoms with E-state index in [-0.39, 0.29) is 16.9 Å². The van der Waals surface area contributed by atoms with Crippen LogP contribution in [0.4, 0.5) is 0 Å². The Hall–Kier alpha value is -2.59. The number of allylic oxidation sites excluding steroid dienone is 5. The van der Waals surface area contributed by atoms with E-state index in [9.17, 15) is 10.2 Å². The molecule has 2 aromatic carbocycles. The molecular formula is C25H25BClO3. The molecule has 0 aromatic heterocycles. The number of rotatable bonds is 3. The summed E-state index contributed by atoms with van der Waals surface area (Å²) in [6.07, 6.45) is 7.06. The fourth-order valence-electron chi connectivity index (χ4n) is 4.24. The lowest BCUT2D eigenvalue weighted by Gasteiger charge is -2.25.